The van der Waals surface area contributed by atoms with Gasteiger partial charge < -0.3 is 20.5 Å². The zero-order chi connectivity index (χ0) is 14.8. The minimum Gasteiger partial charge on any atom is -0.486 e. The Hall–Kier alpha value is -1.79. The Morgan fingerprint density at radius 2 is 2.00 bits per heavy atom. The van der Waals surface area contributed by atoms with Crippen molar-refractivity contribution in [3.05, 3.63) is 52.8 Å². The summed E-state index contributed by atoms with van der Waals surface area (Å²) >= 11 is 3.11. The molecule has 0 aliphatic carbocycles. The van der Waals surface area contributed by atoms with Crippen molar-refractivity contribution in [3.8, 4) is 11.5 Å². The fourth-order valence-corrected chi connectivity index (χ4v) is 2.33. The lowest BCUT2D eigenvalue weighted by atomic mass is 10.2. The molecule has 0 amide bonds. The van der Waals surface area contributed by atoms with E-state index in [0.717, 1.165) is 0 Å². The largest absolute Gasteiger partial charge is 0.486 e. The molecule has 2 unspecified atom stereocenters. The van der Waals surface area contributed by atoms with E-state index in [2.05, 4.69) is 21.2 Å². The van der Waals surface area contributed by atoms with E-state index in [9.17, 15) is 4.39 Å². The summed E-state index contributed by atoms with van der Waals surface area (Å²) in [4.78, 5) is 0. The molecule has 110 valence electrons. The van der Waals surface area contributed by atoms with Crippen LogP contribution in [0.3, 0.4) is 0 Å². The predicted molar refractivity (Wildman–Crippen MR) is 82.1 cm³/mol. The Kier molecular flexibility index (Phi) is 3.98. The summed E-state index contributed by atoms with van der Waals surface area (Å²) in [5, 5.41) is 3.02. The van der Waals surface area contributed by atoms with E-state index < -0.39 is 6.17 Å². The number of nitrogens with two attached hydrogens (primary N) is 1. The van der Waals surface area contributed by atoms with Gasteiger partial charge in [-0.2, -0.15) is 0 Å². The molecule has 3 N–H and O–H groups in total. The molecule has 2 aromatic carbocycles. The second-order valence-corrected chi connectivity index (χ2v) is 5.57. The van der Waals surface area contributed by atoms with E-state index in [4.69, 9.17) is 15.2 Å². The standard InChI is InChI=1S/C15H14BrFN2O2/c16-10-6-5-9(7-11(10)17)19-15(18)14-8-20-12-3-1-2-4-13(12)21-14/h1-7,14-15,19H,8,18H2. The molecular formula is C15H14BrFN2O2. The maximum absolute atomic E-state index is 13.5. The quantitative estimate of drug-likeness (QED) is 0.833. The molecule has 1 heterocycles. The molecule has 21 heavy (non-hydrogen) atoms. The molecule has 1 aliphatic rings. The van der Waals surface area contributed by atoms with Crippen LogP contribution in [-0.2, 0) is 0 Å². The van der Waals surface area contributed by atoms with E-state index in [0.29, 0.717) is 28.3 Å². The minimum atomic E-state index is -0.515. The van der Waals surface area contributed by atoms with Crippen molar-refractivity contribution in [1.82, 2.24) is 0 Å². The highest BCUT2D eigenvalue weighted by Gasteiger charge is 2.26. The van der Waals surface area contributed by atoms with Crippen LogP contribution in [0.15, 0.2) is 46.9 Å². The van der Waals surface area contributed by atoms with E-state index in [1.807, 2.05) is 24.3 Å². The molecule has 6 heteroatoms. The van der Waals surface area contributed by atoms with E-state index in [1.165, 1.54) is 6.07 Å². The molecule has 2 aromatic rings. The summed E-state index contributed by atoms with van der Waals surface area (Å²) < 4.78 is 25.3. The molecule has 0 radical (unpaired) electrons. The molecular weight excluding hydrogens is 339 g/mol. The first-order chi connectivity index (χ1) is 10.1. The molecule has 0 spiro atoms. The van der Waals surface area contributed by atoms with Crippen LogP contribution in [0, 0.1) is 5.82 Å². The molecule has 0 saturated heterocycles. The van der Waals surface area contributed by atoms with Gasteiger partial charge in [0.25, 0.3) is 0 Å². The lowest BCUT2D eigenvalue weighted by molar-refractivity contribution is 0.0784. The van der Waals surface area contributed by atoms with Crippen LogP contribution in [0.1, 0.15) is 0 Å². The average molecular weight is 353 g/mol. The third kappa shape index (κ3) is 3.11. The molecule has 2 atom stereocenters. The van der Waals surface area contributed by atoms with E-state index >= 15 is 0 Å². The van der Waals surface area contributed by atoms with Crippen LogP contribution in [0.25, 0.3) is 0 Å². The Labute approximate surface area is 130 Å². The second kappa shape index (κ2) is 5.91. The van der Waals surface area contributed by atoms with Crippen molar-refractivity contribution < 1.29 is 13.9 Å². The van der Waals surface area contributed by atoms with Crippen LogP contribution >= 0.6 is 15.9 Å². The topological polar surface area (TPSA) is 56.5 Å². The smallest absolute Gasteiger partial charge is 0.166 e. The van der Waals surface area contributed by atoms with Crippen molar-refractivity contribution in [1.29, 1.82) is 0 Å². The minimum absolute atomic E-state index is 0.337. The van der Waals surface area contributed by atoms with Gasteiger partial charge in [-0.3, -0.25) is 0 Å². The third-order valence-electron chi connectivity index (χ3n) is 3.18. The molecule has 0 aromatic heterocycles. The Balaban J connectivity index is 1.69. The number of halogens is 2. The molecule has 0 fully saturated rings. The van der Waals surface area contributed by atoms with Crippen molar-refractivity contribution >= 4 is 21.6 Å². The highest BCUT2D eigenvalue weighted by molar-refractivity contribution is 9.10. The molecule has 1 aliphatic heterocycles. The van der Waals surface area contributed by atoms with Crippen LogP contribution in [0.4, 0.5) is 10.1 Å². The Morgan fingerprint density at radius 3 is 2.76 bits per heavy atom. The second-order valence-electron chi connectivity index (χ2n) is 4.71. The van der Waals surface area contributed by atoms with Gasteiger partial charge in [0, 0.05) is 5.69 Å². The van der Waals surface area contributed by atoms with Crippen LogP contribution in [0.5, 0.6) is 11.5 Å². The highest BCUT2D eigenvalue weighted by Crippen LogP contribution is 2.31. The summed E-state index contributed by atoms with van der Waals surface area (Å²) in [7, 11) is 0. The first-order valence-corrected chi connectivity index (χ1v) is 7.28. The fraction of sp³-hybridized carbons (Fsp3) is 0.200. The molecule has 3 rings (SSSR count). The highest BCUT2D eigenvalue weighted by atomic mass is 79.9. The number of benzene rings is 2. The summed E-state index contributed by atoms with van der Waals surface area (Å²) in [6.45, 7) is 0.337. The number of rotatable bonds is 3. The van der Waals surface area contributed by atoms with Gasteiger partial charge in [0.1, 0.15) is 18.6 Å². The van der Waals surface area contributed by atoms with E-state index in [-0.39, 0.29) is 11.9 Å². The SMILES string of the molecule is NC(Nc1ccc(Br)c(F)c1)C1COc2ccccc2O1. The van der Waals surface area contributed by atoms with Gasteiger partial charge in [-0.25, -0.2) is 4.39 Å². The summed E-state index contributed by atoms with van der Waals surface area (Å²) in [5.74, 6) is 1.02. The van der Waals surface area contributed by atoms with Gasteiger partial charge in [0.15, 0.2) is 17.6 Å². The van der Waals surface area contributed by atoms with Gasteiger partial charge in [-0.1, -0.05) is 12.1 Å². The lowest BCUT2D eigenvalue weighted by Crippen LogP contribution is -2.49. The molecule has 0 bridgehead atoms. The number of anilines is 1. The van der Waals surface area contributed by atoms with Gasteiger partial charge in [0.05, 0.1) is 4.47 Å². The maximum atomic E-state index is 13.5. The van der Waals surface area contributed by atoms with Gasteiger partial charge >= 0.3 is 0 Å². The molecule has 4 nitrogen and oxygen atoms in total. The number of ether oxygens (including phenoxy) is 2. The van der Waals surface area contributed by atoms with Crippen LogP contribution in [-0.4, -0.2) is 18.9 Å². The first kappa shape index (κ1) is 14.2. The number of hydrogen-bond acceptors (Lipinski definition) is 4. The van der Waals surface area contributed by atoms with Crippen LogP contribution < -0.4 is 20.5 Å². The summed E-state index contributed by atoms with van der Waals surface area (Å²) in [5.41, 5.74) is 6.66. The van der Waals surface area contributed by atoms with Crippen molar-refractivity contribution in [2.24, 2.45) is 5.73 Å². The number of fused-ring (bicyclic) bond motifs is 1. The van der Waals surface area contributed by atoms with Crippen LogP contribution in [0.2, 0.25) is 0 Å². The average Bonchev–Trinajstić information content (AvgIpc) is 2.50. The Bertz CT molecular complexity index is 653. The van der Waals surface area contributed by atoms with Crippen molar-refractivity contribution in [3.63, 3.8) is 0 Å². The normalized spacial score (nSPS) is 18.1. The third-order valence-corrected chi connectivity index (χ3v) is 3.83. The predicted octanol–water partition coefficient (Wildman–Crippen LogP) is 3.12. The number of para-hydroxylation sites is 2. The lowest BCUT2D eigenvalue weighted by Gasteiger charge is -2.31. The van der Waals surface area contributed by atoms with Gasteiger partial charge in [-0.15, -0.1) is 0 Å². The van der Waals surface area contributed by atoms with E-state index in [1.54, 1.807) is 12.1 Å². The maximum Gasteiger partial charge on any atom is 0.166 e. The number of hydrogen-bond donors (Lipinski definition) is 2. The van der Waals surface area contributed by atoms with Gasteiger partial charge in [-0.05, 0) is 46.3 Å². The van der Waals surface area contributed by atoms with Crippen molar-refractivity contribution in [2.45, 2.75) is 12.3 Å². The zero-order valence-electron chi connectivity index (χ0n) is 11.1. The molecule has 0 saturated carbocycles. The number of nitrogens with one attached hydrogen (secondary N) is 1. The zero-order valence-corrected chi connectivity index (χ0v) is 12.6. The summed E-state index contributed by atoms with van der Waals surface area (Å²) in [6, 6.07) is 12.2. The fourth-order valence-electron chi connectivity index (χ4n) is 2.08. The Morgan fingerprint density at radius 1 is 1.24 bits per heavy atom. The van der Waals surface area contributed by atoms with Crippen molar-refractivity contribution in [2.75, 3.05) is 11.9 Å². The first-order valence-electron chi connectivity index (χ1n) is 6.49. The summed E-state index contributed by atoms with van der Waals surface area (Å²) in [6.07, 6.45) is -0.870. The van der Waals surface area contributed by atoms with Gasteiger partial charge in [0.2, 0.25) is 0 Å². The monoisotopic (exact) mass is 352 g/mol.